The number of fused-ring (bicyclic) bond motifs is 1. The summed E-state index contributed by atoms with van der Waals surface area (Å²) in [6.45, 7) is 1.55. The van der Waals surface area contributed by atoms with Gasteiger partial charge in [-0.3, -0.25) is 4.79 Å². The van der Waals surface area contributed by atoms with Crippen molar-refractivity contribution in [3.8, 4) is 5.75 Å². The molecule has 0 radical (unpaired) electrons. The molecule has 32 heavy (non-hydrogen) atoms. The molecule has 1 atom stereocenters. The summed E-state index contributed by atoms with van der Waals surface area (Å²) in [7, 11) is 3.81. The highest BCUT2D eigenvalue weighted by atomic mass is 19.3. The van der Waals surface area contributed by atoms with Gasteiger partial charge >= 0.3 is 12.6 Å². The van der Waals surface area contributed by atoms with E-state index in [2.05, 4.69) is 0 Å². The van der Waals surface area contributed by atoms with E-state index in [1.807, 2.05) is 32.8 Å². The van der Waals surface area contributed by atoms with Crippen LogP contribution < -0.4 is 15.1 Å². The maximum absolute atomic E-state index is 15.4. The van der Waals surface area contributed by atoms with Crippen LogP contribution in [0, 0.1) is 11.2 Å². The van der Waals surface area contributed by atoms with Gasteiger partial charge in [-0.05, 0) is 38.4 Å². The Kier molecular flexibility index (Phi) is 5.39. The van der Waals surface area contributed by atoms with Crippen molar-refractivity contribution in [2.75, 3.05) is 32.1 Å². The number of alkyl halides is 2. The van der Waals surface area contributed by atoms with E-state index in [-0.39, 0.29) is 34.1 Å². The third-order valence-electron chi connectivity index (χ3n) is 6.41. The van der Waals surface area contributed by atoms with Crippen LogP contribution in [0.3, 0.4) is 0 Å². The van der Waals surface area contributed by atoms with E-state index in [1.54, 1.807) is 4.90 Å². The Hall–Kier alpha value is -2.75. The van der Waals surface area contributed by atoms with Gasteiger partial charge in [-0.25, -0.2) is 9.18 Å². The third-order valence-corrected chi connectivity index (χ3v) is 6.41. The molecule has 0 bridgehead atoms. The average molecular weight is 453 g/mol. The van der Waals surface area contributed by atoms with E-state index < -0.39 is 35.1 Å². The second-order valence-electron chi connectivity index (χ2n) is 9.47. The van der Waals surface area contributed by atoms with Crippen molar-refractivity contribution in [2.24, 2.45) is 5.41 Å². The van der Waals surface area contributed by atoms with Crippen LogP contribution in [0.25, 0.3) is 10.9 Å². The fourth-order valence-corrected chi connectivity index (χ4v) is 4.88. The van der Waals surface area contributed by atoms with E-state index in [4.69, 9.17) is 4.74 Å². The van der Waals surface area contributed by atoms with Gasteiger partial charge in [-0.2, -0.15) is 8.78 Å². The first kappa shape index (κ1) is 22.4. The molecule has 2 aromatic rings. The number of likely N-dealkylation sites (N-methyl/N-ethyl adjacent to an activating group) is 1. The largest absolute Gasteiger partial charge is 0.477 e. The number of ether oxygens (including phenoxy) is 1. The van der Waals surface area contributed by atoms with Crippen molar-refractivity contribution in [1.29, 1.82) is 0 Å². The molecule has 1 aliphatic carbocycles. The predicted molar refractivity (Wildman–Crippen MR) is 113 cm³/mol. The molecule has 0 spiro atoms. The first-order valence-corrected chi connectivity index (χ1v) is 10.4. The van der Waals surface area contributed by atoms with E-state index in [0.717, 1.165) is 12.3 Å². The molecule has 1 aromatic heterocycles. The maximum Gasteiger partial charge on any atom is 0.387 e. The number of hydrogen-bond acceptors (Lipinski definition) is 5. The fraction of sp³-hybridized carbons (Fsp3) is 0.545. The number of pyridine rings is 1. The number of hydrogen-bond donors (Lipinski definition) is 1. The SMILES string of the molecule is CN(C)[C@@H]1CN(c2c(F)cc3c(=O)c(C(=O)O)cn(C4CC4)c3c2OC(F)F)CC1(C)C. The zero-order valence-electron chi connectivity index (χ0n) is 18.4. The molecule has 7 nitrogen and oxygen atoms in total. The van der Waals surface area contributed by atoms with Crippen molar-refractivity contribution < 1.29 is 27.8 Å². The van der Waals surface area contributed by atoms with Crippen molar-refractivity contribution in [3.05, 3.63) is 33.9 Å². The van der Waals surface area contributed by atoms with E-state index in [0.29, 0.717) is 25.9 Å². The smallest absolute Gasteiger partial charge is 0.387 e. The molecular weight excluding hydrogens is 427 g/mol. The molecule has 0 unspecified atom stereocenters. The first-order chi connectivity index (χ1) is 14.9. The highest BCUT2D eigenvalue weighted by molar-refractivity contribution is 5.97. The average Bonchev–Trinajstić information content (AvgIpc) is 3.45. The number of nitrogens with zero attached hydrogens (tertiary/aromatic N) is 3. The Balaban J connectivity index is 2.02. The van der Waals surface area contributed by atoms with E-state index in [1.165, 1.54) is 4.57 Å². The van der Waals surface area contributed by atoms with Crippen molar-refractivity contribution >= 4 is 22.6 Å². The molecule has 0 amide bonds. The lowest BCUT2D eigenvalue weighted by atomic mass is 9.87. The summed E-state index contributed by atoms with van der Waals surface area (Å²) >= 11 is 0. The first-order valence-electron chi connectivity index (χ1n) is 10.4. The van der Waals surface area contributed by atoms with Gasteiger partial charge in [0.05, 0.1) is 10.9 Å². The number of benzene rings is 1. The molecule has 1 saturated heterocycles. The third kappa shape index (κ3) is 3.70. The van der Waals surface area contributed by atoms with Crippen LogP contribution in [0.2, 0.25) is 0 Å². The zero-order chi connectivity index (χ0) is 23.5. The van der Waals surface area contributed by atoms with Gasteiger partial charge in [-0.1, -0.05) is 13.8 Å². The highest BCUT2D eigenvalue weighted by Crippen LogP contribution is 2.46. The van der Waals surface area contributed by atoms with E-state index >= 15 is 4.39 Å². The minimum absolute atomic E-state index is 0.00492. The summed E-state index contributed by atoms with van der Waals surface area (Å²) < 4.78 is 48.8. The summed E-state index contributed by atoms with van der Waals surface area (Å²) in [6, 6.07) is 0.809. The summed E-state index contributed by atoms with van der Waals surface area (Å²) in [4.78, 5) is 28.1. The van der Waals surface area contributed by atoms with Gasteiger partial charge in [0.1, 0.15) is 11.3 Å². The minimum atomic E-state index is -3.25. The molecule has 2 fully saturated rings. The standard InChI is InChI=1S/C22H26F3N3O4/c1-22(2)10-27(9-15(22)26(3)4)17-14(23)7-12-16(19(17)32-21(24)25)28(11-5-6-11)8-13(18(12)29)20(30)31/h7-8,11,15,21H,5-6,9-10H2,1-4H3,(H,30,31)/t15-/m1/s1. The summed E-state index contributed by atoms with van der Waals surface area (Å²) in [5.41, 5.74) is -1.86. The Labute approximate surface area is 183 Å². The van der Waals surface area contributed by atoms with E-state index in [9.17, 15) is 23.5 Å². The summed E-state index contributed by atoms with van der Waals surface area (Å²) in [6.07, 6.45) is 2.54. The number of halogens is 3. The van der Waals surface area contributed by atoms with Crippen LogP contribution in [0.4, 0.5) is 18.9 Å². The van der Waals surface area contributed by atoms with Gasteiger partial charge in [0.2, 0.25) is 5.43 Å². The van der Waals surface area contributed by atoms with Crippen molar-refractivity contribution in [2.45, 2.75) is 45.4 Å². The van der Waals surface area contributed by atoms with Crippen LogP contribution in [-0.2, 0) is 0 Å². The van der Waals surface area contributed by atoms with Crippen molar-refractivity contribution in [1.82, 2.24) is 9.47 Å². The number of rotatable bonds is 6. The topological polar surface area (TPSA) is 75.0 Å². The molecule has 1 aromatic carbocycles. The number of anilines is 1. The lowest BCUT2D eigenvalue weighted by molar-refractivity contribution is -0.0488. The minimum Gasteiger partial charge on any atom is -0.477 e. The lowest BCUT2D eigenvalue weighted by Crippen LogP contribution is -2.39. The molecule has 10 heteroatoms. The molecule has 1 aliphatic heterocycles. The number of carboxylic acids is 1. The number of aromatic nitrogens is 1. The van der Waals surface area contributed by atoms with Crippen LogP contribution in [-0.4, -0.2) is 60.4 Å². The maximum atomic E-state index is 15.4. The zero-order valence-corrected chi connectivity index (χ0v) is 18.4. The summed E-state index contributed by atoms with van der Waals surface area (Å²) in [5.74, 6) is -2.78. The number of carboxylic acid groups (broad SMARTS) is 1. The Morgan fingerprint density at radius 2 is 1.97 bits per heavy atom. The lowest BCUT2D eigenvalue weighted by Gasteiger charge is -2.30. The quantitative estimate of drug-likeness (QED) is 0.721. The number of carbonyl (C=O) groups is 1. The molecule has 1 N–H and O–H groups in total. The molecule has 174 valence electrons. The Morgan fingerprint density at radius 3 is 2.47 bits per heavy atom. The van der Waals surface area contributed by atoms with Gasteiger partial charge < -0.3 is 24.2 Å². The second-order valence-corrected chi connectivity index (χ2v) is 9.47. The fourth-order valence-electron chi connectivity index (χ4n) is 4.88. The molecular formula is C22H26F3N3O4. The molecule has 1 saturated carbocycles. The van der Waals surface area contributed by atoms with Crippen molar-refractivity contribution in [3.63, 3.8) is 0 Å². The van der Waals surface area contributed by atoms with Gasteiger partial charge in [-0.15, -0.1) is 0 Å². The molecule has 2 heterocycles. The van der Waals surface area contributed by atoms with Gasteiger partial charge in [0.25, 0.3) is 0 Å². The second kappa shape index (κ2) is 7.68. The summed E-state index contributed by atoms with van der Waals surface area (Å²) in [5, 5.41) is 9.15. The normalized spacial score (nSPS) is 20.5. The molecule has 4 rings (SSSR count). The Morgan fingerprint density at radius 1 is 1.31 bits per heavy atom. The number of aromatic carboxylic acids is 1. The molecule has 2 aliphatic rings. The van der Waals surface area contributed by atoms with Crippen LogP contribution >= 0.6 is 0 Å². The highest BCUT2D eigenvalue weighted by Gasteiger charge is 2.43. The van der Waals surface area contributed by atoms with Crippen LogP contribution in [0.15, 0.2) is 17.1 Å². The van der Waals surface area contributed by atoms with Gasteiger partial charge in [0, 0.05) is 31.4 Å². The van der Waals surface area contributed by atoms with Crippen LogP contribution in [0.1, 0.15) is 43.1 Å². The monoisotopic (exact) mass is 453 g/mol. The van der Waals surface area contributed by atoms with Gasteiger partial charge in [0.15, 0.2) is 11.6 Å². The van der Waals surface area contributed by atoms with Crippen LogP contribution in [0.5, 0.6) is 5.75 Å². The predicted octanol–water partition coefficient (Wildman–Crippen LogP) is 3.55. The Bertz CT molecular complexity index is 1140.